The van der Waals surface area contributed by atoms with Crippen molar-refractivity contribution in [2.24, 2.45) is 0 Å². The van der Waals surface area contributed by atoms with Gasteiger partial charge in [0.15, 0.2) is 0 Å². The first-order valence-corrected chi connectivity index (χ1v) is 10.6. The average Bonchev–Trinajstić information content (AvgIpc) is 3.29. The van der Waals surface area contributed by atoms with E-state index in [0.717, 1.165) is 50.9 Å². The van der Waals surface area contributed by atoms with E-state index in [0.29, 0.717) is 37.6 Å². The third-order valence-corrected chi connectivity index (χ3v) is 6.17. The molecule has 1 aliphatic rings. The smallest absolute Gasteiger partial charge is 0.254 e. The number of amides is 1. The minimum absolute atomic E-state index is 0.0440. The van der Waals surface area contributed by atoms with Gasteiger partial charge in [0, 0.05) is 47.1 Å². The average molecular weight is 418 g/mol. The summed E-state index contributed by atoms with van der Waals surface area (Å²) in [4.78, 5) is 14.9. The van der Waals surface area contributed by atoms with Crippen LogP contribution in [0.25, 0.3) is 32.9 Å². The summed E-state index contributed by atoms with van der Waals surface area (Å²) in [6, 6.07) is 10.1. The Morgan fingerprint density at radius 2 is 1.90 bits per heavy atom. The van der Waals surface area contributed by atoms with Crippen molar-refractivity contribution in [2.75, 3.05) is 32.0 Å². The topological polar surface area (TPSA) is 86.5 Å². The van der Waals surface area contributed by atoms with Gasteiger partial charge in [-0.05, 0) is 50.6 Å². The summed E-state index contributed by atoms with van der Waals surface area (Å²) in [6.07, 6.45) is 0. The Labute approximate surface area is 180 Å². The maximum Gasteiger partial charge on any atom is 0.254 e. The summed E-state index contributed by atoms with van der Waals surface area (Å²) < 4.78 is 12.9. The van der Waals surface area contributed by atoms with Crippen LogP contribution >= 0.6 is 0 Å². The zero-order valence-corrected chi connectivity index (χ0v) is 18.1. The molecule has 1 saturated heterocycles. The predicted molar refractivity (Wildman–Crippen MR) is 121 cm³/mol. The van der Waals surface area contributed by atoms with Crippen LogP contribution in [0, 0.1) is 13.8 Å². The number of carbonyl (C=O) groups is 1. The third kappa shape index (κ3) is 3.08. The molecular formula is C24H26N4O3. The molecule has 0 aliphatic carbocycles. The molecule has 7 heteroatoms. The Bertz CT molecular complexity index is 1290. The quantitative estimate of drug-likeness (QED) is 0.505. The molecule has 2 N–H and O–H groups in total. The van der Waals surface area contributed by atoms with Crippen molar-refractivity contribution in [3.8, 4) is 11.1 Å². The Morgan fingerprint density at radius 1 is 1.13 bits per heavy atom. The monoisotopic (exact) mass is 418 g/mol. The molecule has 2 aromatic carbocycles. The lowest BCUT2D eigenvalue weighted by Crippen LogP contribution is -2.40. The van der Waals surface area contributed by atoms with Crippen LogP contribution in [-0.2, 0) is 11.3 Å². The summed E-state index contributed by atoms with van der Waals surface area (Å²) in [7, 11) is 0. The number of hydrogen-bond donors (Lipinski definition) is 1. The molecule has 7 nitrogen and oxygen atoms in total. The fourth-order valence-electron chi connectivity index (χ4n) is 4.72. The number of nitrogens with two attached hydrogens (primary N) is 1. The second-order valence-electron chi connectivity index (χ2n) is 8.04. The Hall–Kier alpha value is -3.32. The van der Waals surface area contributed by atoms with Crippen LogP contribution in [0.2, 0.25) is 0 Å². The van der Waals surface area contributed by atoms with Crippen molar-refractivity contribution in [3.63, 3.8) is 0 Å². The number of fused-ring (bicyclic) bond motifs is 3. The van der Waals surface area contributed by atoms with E-state index in [2.05, 4.69) is 22.7 Å². The molecule has 4 aromatic rings. The normalized spacial score (nSPS) is 14.6. The minimum atomic E-state index is 0.0440. The number of anilines is 1. The molecule has 5 rings (SSSR count). The second-order valence-corrected chi connectivity index (χ2v) is 8.04. The lowest BCUT2D eigenvalue weighted by Gasteiger charge is -2.26. The van der Waals surface area contributed by atoms with Gasteiger partial charge in [0.1, 0.15) is 5.76 Å². The number of nitrogens with zero attached hydrogens (tertiary/aromatic N) is 3. The fraction of sp³-hybridized carbons (Fsp3) is 0.333. The molecule has 160 valence electrons. The molecule has 1 aliphatic heterocycles. The molecule has 0 bridgehead atoms. The van der Waals surface area contributed by atoms with E-state index < -0.39 is 0 Å². The molecular weight excluding hydrogens is 392 g/mol. The predicted octanol–water partition coefficient (Wildman–Crippen LogP) is 4.14. The van der Waals surface area contributed by atoms with E-state index >= 15 is 0 Å². The van der Waals surface area contributed by atoms with Gasteiger partial charge in [-0.1, -0.05) is 11.2 Å². The minimum Gasteiger partial charge on any atom is -0.397 e. The van der Waals surface area contributed by atoms with E-state index in [9.17, 15) is 4.79 Å². The van der Waals surface area contributed by atoms with Crippen LogP contribution in [-0.4, -0.2) is 46.8 Å². The van der Waals surface area contributed by atoms with E-state index in [1.54, 1.807) is 0 Å². The standard InChI is InChI=1S/C24H26N4O3/c1-4-28-21-13-16(24(29)27-7-9-30-10-8-27)5-6-18(21)19-11-17(12-20(25)23(19)28)22-14(2)26-31-15(22)3/h5-6,11-13H,4,7-10,25H2,1-3H3. The number of aryl methyl sites for hydroxylation is 3. The first kappa shape index (κ1) is 19.6. The zero-order valence-electron chi connectivity index (χ0n) is 18.1. The largest absolute Gasteiger partial charge is 0.397 e. The maximum absolute atomic E-state index is 13.0. The van der Waals surface area contributed by atoms with Crippen molar-refractivity contribution in [1.29, 1.82) is 0 Å². The number of hydrogen-bond acceptors (Lipinski definition) is 5. The Morgan fingerprint density at radius 3 is 2.58 bits per heavy atom. The van der Waals surface area contributed by atoms with E-state index in [-0.39, 0.29) is 5.91 Å². The first-order chi connectivity index (χ1) is 15.0. The molecule has 0 saturated carbocycles. The van der Waals surface area contributed by atoms with E-state index in [1.807, 2.05) is 43.0 Å². The zero-order chi connectivity index (χ0) is 21.7. The van der Waals surface area contributed by atoms with Gasteiger partial charge in [-0.25, -0.2) is 0 Å². The van der Waals surface area contributed by atoms with Crippen LogP contribution in [0.5, 0.6) is 0 Å². The molecule has 2 aromatic heterocycles. The number of benzene rings is 2. The summed E-state index contributed by atoms with van der Waals surface area (Å²) in [5.41, 5.74) is 12.8. The lowest BCUT2D eigenvalue weighted by molar-refractivity contribution is 0.0303. The van der Waals surface area contributed by atoms with E-state index in [1.165, 1.54) is 0 Å². The molecule has 0 spiro atoms. The van der Waals surface area contributed by atoms with Crippen LogP contribution < -0.4 is 5.73 Å². The number of aromatic nitrogens is 2. The van der Waals surface area contributed by atoms with Gasteiger partial charge in [-0.15, -0.1) is 0 Å². The van der Waals surface area contributed by atoms with Crippen LogP contribution in [0.3, 0.4) is 0 Å². The Balaban J connectivity index is 1.70. The summed E-state index contributed by atoms with van der Waals surface area (Å²) in [6.45, 7) is 9.12. The number of carbonyl (C=O) groups excluding carboxylic acids is 1. The highest BCUT2D eigenvalue weighted by Gasteiger charge is 2.22. The van der Waals surface area contributed by atoms with Gasteiger partial charge in [0.2, 0.25) is 0 Å². The SMILES string of the molecule is CCn1c2cc(C(=O)N3CCOCC3)ccc2c2cc(-c3c(C)noc3C)cc(N)c21. The highest BCUT2D eigenvalue weighted by molar-refractivity contribution is 6.14. The number of nitrogen functional groups attached to an aromatic ring is 1. The van der Waals surface area contributed by atoms with Crippen molar-refractivity contribution < 1.29 is 14.1 Å². The van der Waals surface area contributed by atoms with Gasteiger partial charge in [-0.2, -0.15) is 0 Å². The van der Waals surface area contributed by atoms with Gasteiger partial charge in [0.05, 0.1) is 30.1 Å². The molecule has 3 heterocycles. The lowest BCUT2D eigenvalue weighted by atomic mass is 10.00. The highest BCUT2D eigenvalue weighted by Crippen LogP contribution is 2.38. The molecule has 0 atom stereocenters. The van der Waals surface area contributed by atoms with Crippen molar-refractivity contribution in [3.05, 3.63) is 47.3 Å². The number of ether oxygens (including phenoxy) is 1. The van der Waals surface area contributed by atoms with E-state index in [4.69, 9.17) is 15.0 Å². The van der Waals surface area contributed by atoms with Crippen molar-refractivity contribution >= 4 is 33.4 Å². The molecule has 0 radical (unpaired) electrons. The van der Waals surface area contributed by atoms with Crippen LogP contribution in [0.15, 0.2) is 34.9 Å². The first-order valence-electron chi connectivity index (χ1n) is 10.6. The molecule has 1 fully saturated rings. The maximum atomic E-state index is 13.0. The summed E-state index contributed by atoms with van der Waals surface area (Å²) in [5, 5.41) is 6.24. The third-order valence-electron chi connectivity index (χ3n) is 6.17. The van der Waals surface area contributed by atoms with Gasteiger partial charge < -0.3 is 24.5 Å². The van der Waals surface area contributed by atoms with Crippen molar-refractivity contribution in [2.45, 2.75) is 27.3 Å². The molecule has 0 unspecified atom stereocenters. The van der Waals surface area contributed by atoms with Crippen LogP contribution in [0.4, 0.5) is 5.69 Å². The molecule has 31 heavy (non-hydrogen) atoms. The number of rotatable bonds is 3. The van der Waals surface area contributed by atoms with Crippen molar-refractivity contribution in [1.82, 2.24) is 14.6 Å². The summed E-state index contributed by atoms with van der Waals surface area (Å²) in [5.74, 6) is 0.816. The van der Waals surface area contributed by atoms with Gasteiger partial charge >= 0.3 is 0 Å². The van der Waals surface area contributed by atoms with Crippen LogP contribution in [0.1, 0.15) is 28.7 Å². The summed E-state index contributed by atoms with van der Waals surface area (Å²) >= 11 is 0. The molecule has 1 amide bonds. The van der Waals surface area contributed by atoms with Gasteiger partial charge in [-0.3, -0.25) is 4.79 Å². The van der Waals surface area contributed by atoms with Gasteiger partial charge in [0.25, 0.3) is 5.91 Å². The fourth-order valence-corrected chi connectivity index (χ4v) is 4.72. The highest BCUT2D eigenvalue weighted by atomic mass is 16.5. The number of morpholine rings is 1. The second kappa shape index (κ2) is 7.42. The Kier molecular flexibility index (Phi) is 4.70.